The van der Waals surface area contributed by atoms with Crippen molar-refractivity contribution in [1.29, 1.82) is 0 Å². The van der Waals surface area contributed by atoms with Crippen molar-refractivity contribution in [3.8, 4) is 0 Å². The Bertz CT molecular complexity index is 3990. The highest BCUT2D eigenvalue weighted by Gasteiger charge is 2.25. The molecule has 6 aromatic rings. The van der Waals surface area contributed by atoms with Crippen LogP contribution in [0.3, 0.4) is 0 Å². The summed E-state index contributed by atoms with van der Waals surface area (Å²) in [6, 6.07) is 10.8. The molecule has 0 unspecified atom stereocenters. The number of fused-ring (bicyclic) bond motifs is 2. The number of carboxylic acid groups (broad SMARTS) is 4. The summed E-state index contributed by atoms with van der Waals surface area (Å²) in [5, 5.41) is 46.5. The van der Waals surface area contributed by atoms with E-state index in [0.717, 1.165) is 101 Å². The topological polar surface area (TPSA) is 532 Å². The third-order valence-electron chi connectivity index (χ3n) is 18.9. The molecule has 0 radical (unpaired) electrons. The number of nitrogens with zero attached hydrogens (tertiary/aromatic N) is 10. The molecule has 114 heavy (non-hydrogen) atoms. The van der Waals surface area contributed by atoms with Crippen LogP contribution in [0.25, 0.3) is 22.3 Å². The summed E-state index contributed by atoms with van der Waals surface area (Å²) in [6.45, 7) is 0.824. The predicted octanol–water partition coefficient (Wildman–Crippen LogP) is 10.3. The Hall–Kier alpha value is -11.2. The van der Waals surface area contributed by atoms with E-state index in [1.54, 1.807) is 60.9 Å². The van der Waals surface area contributed by atoms with E-state index in [-0.39, 0.29) is 111 Å². The largest absolute Gasteiger partial charge is 0.481 e. The molecule has 16 N–H and O–H groups in total. The summed E-state index contributed by atoms with van der Waals surface area (Å²) in [4.78, 5) is 157. The molecule has 0 bridgehead atoms. The molecule has 2 atom stereocenters. The SMILES string of the molecule is CN(Cc1cnc2nc(N)nc(N)c2n1)c1ccc(C(=O)N[C@@H](CCC(=O)NCCOC(=O)CCCCCCCCCCCCCCCCC(=O)O)C(=O)O)cc1.CN(Cc1cnc2nc(N)nc(N)c2n1)c1ccc(C(=O)N[C@@H](CCC(=O)O)C(=O)NCCOC(=O)CCCCCCCCCCCCCCCCC(=O)O)cc1. The van der Waals surface area contributed by atoms with Crippen molar-refractivity contribution in [3.63, 3.8) is 0 Å². The lowest BCUT2D eigenvalue weighted by molar-refractivity contribution is -0.144. The number of aliphatic carboxylic acids is 4. The number of amides is 4. The zero-order valence-electron chi connectivity index (χ0n) is 66.1. The van der Waals surface area contributed by atoms with Crippen molar-refractivity contribution in [2.45, 2.75) is 256 Å². The van der Waals surface area contributed by atoms with Gasteiger partial charge < -0.3 is 83.9 Å². The summed E-state index contributed by atoms with van der Waals surface area (Å²) in [6.07, 6.45) is 34.3. The molecular formula is C80H118N18O16. The van der Waals surface area contributed by atoms with E-state index in [2.05, 4.69) is 61.1 Å². The van der Waals surface area contributed by atoms with Crippen LogP contribution in [0.2, 0.25) is 0 Å². The highest BCUT2D eigenvalue weighted by atomic mass is 16.5. The number of carbonyl (C=O) groups excluding carboxylic acids is 6. The zero-order chi connectivity index (χ0) is 82.8. The molecule has 4 heterocycles. The second kappa shape index (κ2) is 53.7. The first-order valence-electron chi connectivity index (χ1n) is 39.9. The van der Waals surface area contributed by atoms with Crippen molar-refractivity contribution in [3.05, 3.63) is 83.4 Å². The van der Waals surface area contributed by atoms with E-state index >= 15 is 0 Å². The number of hydrogen-bond acceptors (Lipinski definition) is 26. The molecule has 624 valence electrons. The Morgan fingerprint density at radius 1 is 0.395 bits per heavy atom. The fourth-order valence-electron chi connectivity index (χ4n) is 12.5. The quantitative estimate of drug-likeness (QED) is 0.0125. The van der Waals surface area contributed by atoms with Gasteiger partial charge >= 0.3 is 35.8 Å². The van der Waals surface area contributed by atoms with Crippen LogP contribution >= 0.6 is 0 Å². The number of rotatable bonds is 58. The van der Waals surface area contributed by atoms with Crippen LogP contribution < -0.4 is 54.0 Å². The van der Waals surface area contributed by atoms with Crippen LogP contribution in [-0.2, 0) is 60.9 Å². The van der Waals surface area contributed by atoms with Gasteiger partial charge in [0.2, 0.25) is 23.7 Å². The number of nitrogens with two attached hydrogens (primary N) is 4. The Balaban J connectivity index is 0.000000407. The molecule has 0 aliphatic carbocycles. The third-order valence-corrected chi connectivity index (χ3v) is 18.9. The average Bonchev–Trinajstić information content (AvgIpc) is 0.811. The number of unbranched alkanes of at least 4 members (excludes halogenated alkanes) is 26. The lowest BCUT2D eigenvalue weighted by Gasteiger charge is -2.20. The predicted molar refractivity (Wildman–Crippen MR) is 432 cm³/mol. The number of esters is 2. The van der Waals surface area contributed by atoms with E-state index in [4.69, 9.17) is 42.6 Å². The molecule has 0 aliphatic heterocycles. The first kappa shape index (κ1) is 93.4. The molecule has 34 heteroatoms. The van der Waals surface area contributed by atoms with Crippen LogP contribution in [0.5, 0.6) is 0 Å². The number of carbonyl (C=O) groups is 10. The standard InChI is InChI=1S/2C40H59N9O8/c1-49(27-29-26-44-37-35(45-29)36(41)47-40(42)48-37)30-20-18-28(19-21-30)38(54)46-31(39(55)56)22-23-32(50)43-24-25-57-34(53)17-15-13-11-9-7-5-3-2-4-6-8-10-12-14-16-33(51)52;1-49(27-29-26-44-37-35(45-29)36(41)47-40(42)48-37)30-20-18-28(19-21-30)38(55)46-31(22-23-33(52)53)39(56)43-24-25-57-34(54)17-15-13-11-9-7-5-3-2-4-6-8-10-12-14-16-32(50)51/h18-21,26,31H,2-17,22-25,27H2,1H3,(H,43,50)(H,46,54)(H,51,52)(H,55,56)(H4,41,42,44,47,48);18-21,26,31H,2-17,22-25,27H2,1H3,(H,43,56)(H,46,55)(H,50,51)(H,52,53)(H4,41,42,44,47,48)/t2*31-/m00/s1. The van der Waals surface area contributed by atoms with Crippen molar-refractivity contribution in [1.82, 2.24) is 61.1 Å². The number of benzene rings is 2. The lowest BCUT2D eigenvalue weighted by Crippen LogP contribution is -2.47. The van der Waals surface area contributed by atoms with Gasteiger partial charge in [-0.25, -0.2) is 24.7 Å². The molecule has 0 saturated heterocycles. The molecule has 0 saturated carbocycles. The van der Waals surface area contributed by atoms with Crippen molar-refractivity contribution in [2.24, 2.45) is 0 Å². The Morgan fingerprint density at radius 3 is 1.07 bits per heavy atom. The fraction of sp³-hybridized carbons (Fsp3) is 0.575. The van der Waals surface area contributed by atoms with Crippen LogP contribution in [-0.4, -0.2) is 172 Å². The molecule has 6 rings (SSSR count). The lowest BCUT2D eigenvalue weighted by atomic mass is 10.0. The van der Waals surface area contributed by atoms with Gasteiger partial charge in [0.05, 0.1) is 50.0 Å². The van der Waals surface area contributed by atoms with Gasteiger partial charge in [-0.15, -0.1) is 0 Å². The zero-order valence-corrected chi connectivity index (χ0v) is 66.1. The van der Waals surface area contributed by atoms with E-state index < -0.39 is 59.6 Å². The normalized spacial score (nSPS) is 11.5. The van der Waals surface area contributed by atoms with Crippen molar-refractivity contribution < 1.29 is 77.8 Å². The Morgan fingerprint density at radius 2 is 0.719 bits per heavy atom. The summed E-state index contributed by atoms with van der Waals surface area (Å²) in [5.41, 5.74) is 27.6. The average molecular weight is 1590 g/mol. The van der Waals surface area contributed by atoms with Gasteiger partial charge in [-0.2, -0.15) is 19.9 Å². The summed E-state index contributed by atoms with van der Waals surface area (Å²) in [7, 11) is 3.66. The first-order valence-corrected chi connectivity index (χ1v) is 39.9. The van der Waals surface area contributed by atoms with Crippen LogP contribution in [0.15, 0.2) is 60.9 Å². The second-order valence-electron chi connectivity index (χ2n) is 28.4. The number of anilines is 6. The van der Waals surface area contributed by atoms with Gasteiger partial charge in [0.15, 0.2) is 34.0 Å². The number of aromatic nitrogens is 8. The molecule has 4 amide bonds. The van der Waals surface area contributed by atoms with Gasteiger partial charge in [0.1, 0.15) is 25.3 Å². The van der Waals surface area contributed by atoms with Gasteiger partial charge in [0, 0.05) is 75.1 Å². The number of hydrogen-bond donors (Lipinski definition) is 12. The summed E-state index contributed by atoms with van der Waals surface area (Å²) in [5.74, 6) is -6.32. The maximum Gasteiger partial charge on any atom is 0.326 e. The monoisotopic (exact) mass is 1590 g/mol. The van der Waals surface area contributed by atoms with Crippen LogP contribution in [0, 0.1) is 0 Å². The fourth-order valence-corrected chi connectivity index (χ4v) is 12.5. The minimum absolute atomic E-state index is 0.00819. The molecule has 2 aromatic carbocycles. The van der Waals surface area contributed by atoms with E-state index in [1.807, 2.05) is 23.9 Å². The number of nitrogens with one attached hydrogen (secondary N) is 4. The second-order valence-corrected chi connectivity index (χ2v) is 28.4. The molecule has 0 fully saturated rings. The molecular weight excluding hydrogens is 1470 g/mol. The van der Waals surface area contributed by atoms with Gasteiger partial charge in [-0.05, 0) is 87.1 Å². The molecule has 34 nitrogen and oxygen atoms in total. The molecule has 0 spiro atoms. The number of carboxylic acids is 4. The van der Waals surface area contributed by atoms with Crippen molar-refractivity contribution in [2.75, 3.05) is 73.1 Å². The maximum absolute atomic E-state index is 13.1. The van der Waals surface area contributed by atoms with E-state index in [0.29, 0.717) is 59.6 Å². The van der Waals surface area contributed by atoms with Gasteiger partial charge in [-0.3, -0.25) is 43.2 Å². The highest BCUT2D eigenvalue weighted by Crippen LogP contribution is 2.23. The van der Waals surface area contributed by atoms with E-state index in [9.17, 15) is 58.2 Å². The van der Waals surface area contributed by atoms with Crippen LogP contribution in [0.4, 0.5) is 34.9 Å². The minimum atomic E-state index is -1.29. The van der Waals surface area contributed by atoms with E-state index in [1.165, 1.54) is 89.9 Å². The first-order chi connectivity index (χ1) is 54.8. The van der Waals surface area contributed by atoms with Gasteiger partial charge in [-0.1, -0.05) is 154 Å². The maximum atomic E-state index is 13.1. The summed E-state index contributed by atoms with van der Waals surface area (Å²) >= 11 is 0. The Kier molecular flexibility index (Phi) is 44.0. The molecule has 0 aliphatic rings. The highest BCUT2D eigenvalue weighted by molar-refractivity contribution is 5.98. The van der Waals surface area contributed by atoms with Crippen LogP contribution in [0.1, 0.15) is 263 Å². The summed E-state index contributed by atoms with van der Waals surface area (Å²) < 4.78 is 10.5. The number of ether oxygens (including phenoxy) is 2. The minimum Gasteiger partial charge on any atom is -0.481 e. The molecule has 4 aromatic heterocycles. The third kappa shape index (κ3) is 38.8. The van der Waals surface area contributed by atoms with Gasteiger partial charge in [0.25, 0.3) is 11.8 Å². The number of nitrogen functional groups attached to an aromatic ring is 4. The van der Waals surface area contributed by atoms with Crippen molar-refractivity contribution >= 4 is 117 Å². The Labute approximate surface area is 665 Å². The smallest absolute Gasteiger partial charge is 0.326 e.